The minimum Gasteiger partial charge on any atom is -0.493 e. The maximum Gasteiger partial charge on any atom is 0.175 e. The van der Waals surface area contributed by atoms with Gasteiger partial charge >= 0.3 is 0 Å². The molecule has 1 aliphatic rings. The molecule has 0 saturated heterocycles. The normalized spacial score (nSPS) is 16.7. The van der Waals surface area contributed by atoms with Crippen molar-refractivity contribution >= 4 is 15.9 Å². The van der Waals surface area contributed by atoms with Crippen LogP contribution in [0.1, 0.15) is 25.3 Å². The van der Waals surface area contributed by atoms with E-state index in [4.69, 9.17) is 9.47 Å². The average molecular weight is 301 g/mol. The number of rotatable bonds is 5. The molecule has 3 nitrogen and oxygen atoms in total. The fraction of sp³-hybridized carbons (Fsp3) is 0.538. The van der Waals surface area contributed by atoms with E-state index in [1.807, 2.05) is 12.1 Å². The third-order valence-corrected chi connectivity index (χ3v) is 3.22. The van der Waals surface area contributed by atoms with Crippen LogP contribution in [0.15, 0.2) is 16.6 Å². The fourth-order valence-corrected chi connectivity index (χ4v) is 2.28. The molecule has 0 spiro atoms. The Hall–Kier alpha value is -0.740. The Labute approximate surface area is 110 Å². The van der Waals surface area contributed by atoms with Gasteiger partial charge in [-0.25, -0.2) is 0 Å². The zero-order valence-electron chi connectivity index (χ0n) is 10.1. The second-order valence-electron chi connectivity index (χ2n) is 4.48. The third kappa shape index (κ3) is 3.36. The van der Waals surface area contributed by atoms with Crippen molar-refractivity contribution in [1.82, 2.24) is 0 Å². The SMILES string of the molecule is COc1cc(CC(C)O)cc(Br)c1OC1CC1. The molecule has 0 aliphatic heterocycles. The average Bonchev–Trinajstić information content (AvgIpc) is 3.04. The molecule has 0 aromatic heterocycles. The second kappa shape index (κ2) is 5.27. The van der Waals surface area contributed by atoms with Gasteiger partial charge in [-0.1, -0.05) is 0 Å². The smallest absolute Gasteiger partial charge is 0.175 e. The number of halogens is 1. The molecule has 1 aliphatic carbocycles. The van der Waals surface area contributed by atoms with E-state index >= 15 is 0 Å². The first-order valence-electron chi connectivity index (χ1n) is 5.81. The van der Waals surface area contributed by atoms with E-state index in [9.17, 15) is 5.11 Å². The molecule has 17 heavy (non-hydrogen) atoms. The molecule has 1 fully saturated rings. The number of hydrogen-bond donors (Lipinski definition) is 1. The lowest BCUT2D eigenvalue weighted by Crippen LogP contribution is -2.06. The van der Waals surface area contributed by atoms with Crippen LogP contribution in [0.2, 0.25) is 0 Å². The Balaban J connectivity index is 2.25. The molecule has 1 aromatic carbocycles. The zero-order chi connectivity index (χ0) is 12.4. The van der Waals surface area contributed by atoms with E-state index in [-0.39, 0.29) is 6.10 Å². The second-order valence-corrected chi connectivity index (χ2v) is 5.33. The van der Waals surface area contributed by atoms with Crippen molar-refractivity contribution in [2.24, 2.45) is 0 Å². The van der Waals surface area contributed by atoms with E-state index in [0.29, 0.717) is 12.5 Å². The third-order valence-electron chi connectivity index (χ3n) is 2.63. The van der Waals surface area contributed by atoms with Crippen molar-refractivity contribution in [3.8, 4) is 11.5 Å². The number of methoxy groups -OCH3 is 1. The summed E-state index contributed by atoms with van der Waals surface area (Å²) in [6.45, 7) is 1.77. The van der Waals surface area contributed by atoms with Crippen molar-refractivity contribution in [2.45, 2.75) is 38.4 Å². The summed E-state index contributed by atoms with van der Waals surface area (Å²) in [7, 11) is 1.63. The molecule has 0 amide bonds. The summed E-state index contributed by atoms with van der Waals surface area (Å²) >= 11 is 3.50. The van der Waals surface area contributed by atoms with Crippen molar-refractivity contribution in [1.29, 1.82) is 0 Å². The number of aliphatic hydroxyl groups excluding tert-OH is 1. The van der Waals surface area contributed by atoms with Gasteiger partial charge in [-0.15, -0.1) is 0 Å². The molecule has 1 saturated carbocycles. The highest BCUT2D eigenvalue weighted by atomic mass is 79.9. The fourth-order valence-electron chi connectivity index (χ4n) is 1.70. The Bertz CT molecular complexity index is 400. The van der Waals surface area contributed by atoms with Crippen molar-refractivity contribution in [2.75, 3.05) is 7.11 Å². The summed E-state index contributed by atoms with van der Waals surface area (Å²) in [4.78, 5) is 0. The summed E-state index contributed by atoms with van der Waals surface area (Å²) in [5, 5.41) is 9.40. The maximum absolute atomic E-state index is 9.40. The van der Waals surface area contributed by atoms with Crippen LogP contribution in [-0.4, -0.2) is 24.4 Å². The first-order valence-corrected chi connectivity index (χ1v) is 6.60. The summed E-state index contributed by atoms with van der Waals surface area (Å²) in [6, 6.07) is 3.90. The standard InChI is InChI=1S/C13H17BrO3/c1-8(15)5-9-6-11(14)13(12(7-9)16-2)17-10-3-4-10/h6-8,10,15H,3-5H2,1-2H3. The molecule has 1 atom stereocenters. The minimum atomic E-state index is -0.359. The highest BCUT2D eigenvalue weighted by molar-refractivity contribution is 9.10. The summed E-state index contributed by atoms with van der Waals surface area (Å²) < 4.78 is 12.0. The highest BCUT2D eigenvalue weighted by Gasteiger charge is 2.26. The van der Waals surface area contributed by atoms with E-state index in [0.717, 1.165) is 34.4 Å². The topological polar surface area (TPSA) is 38.7 Å². The predicted molar refractivity (Wildman–Crippen MR) is 69.7 cm³/mol. The molecule has 1 N–H and O–H groups in total. The molecule has 0 radical (unpaired) electrons. The first-order chi connectivity index (χ1) is 8.10. The number of benzene rings is 1. The molecular formula is C13H17BrO3. The van der Waals surface area contributed by atoms with E-state index in [2.05, 4.69) is 15.9 Å². The summed E-state index contributed by atoms with van der Waals surface area (Å²) in [5.74, 6) is 1.49. The number of hydrogen-bond acceptors (Lipinski definition) is 3. The van der Waals surface area contributed by atoms with Gasteiger partial charge in [-0.3, -0.25) is 0 Å². The number of ether oxygens (including phenoxy) is 2. The van der Waals surface area contributed by atoms with Crippen LogP contribution in [-0.2, 0) is 6.42 Å². The van der Waals surface area contributed by atoms with Crippen LogP contribution in [0.3, 0.4) is 0 Å². The van der Waals surface area contributed by atoms with Crippen LogP contribution >= 0.6 is 15.9 Å². The molecule has 94 valence electrons. The van der Waals surface area contributed by atoms with Gasteiger partial charge in [0.05, 0.1) is 23.8 Å². The minimum absolute atomic E-state index is 0.336. The molecule has 4 heteroatoms. The van der Waals surface area contributed by atoms with Crippen LogP contribution in [0.5, 0.6) is 11.5 Å². The molecule has 1 unspecified atom stereocenters. The van der Waals surface area contributed by atoms with Crippen molar-refractivity contribution < 1.29 is 14.6 Å². The van der Waals surface area contributed by atoms with Gasteiger partial charge < -0.3 is 14.6 Å². The molecule has 0 bridgehead atoms. The number of aliphatic hydroxyl groups is 1. The van der Waals surface area contributed by atoms with E-state index in [1.165, 1.54) is 0 Å². The van der Waals surface area contributed by atoms with Crippen LogP contribution in [0.4, 0.5) is 0 Å². The molecule has 1 aromatic rings. The summed E-state index contributed by atoms with van der Waals surface area (Å²) in [6.07, 6.45) is 2.82. The van der Waals surface area contributed by atoms with Gasteiger partial charge in [0, 0.05) is 0 Å². The predicted octanol–water partition coefficient (Wildman–Crippen LogP) is 2.92. The first kappa shape index (κ1) is 12.7. The van der Waals surface area contributed by atoms with Crippen LogP contribution in [0, 0.1) is 0 Å². The van der Waals surface area contributed by atoms with Crippen LogP contribution in [0.25, 0.3) is 0 Å². The quantitative estimate of drug-likeness (QED) is 0.909. The van der Waals surface area contributed by atoms with Gasteiger partial charge in [-0.05, 0) is 59.8 Å². The lowest BCUT2D eigenvalue weighted by Gasteiger charge is -2.14. The van der Waals surface area contributed by atoms with Gasteiger partial charge in [0.25, 0.3) is 0 Å². The van der Waals surface area contributed by atoms with E-state index < -0.39 is 0 Å². The summed E-state index contributed by atoms with van der Waals surface area (Å²) in [5.41, 5.74) is 1.03. The van der Waals surface area contributed by atoms with Gasteiger partial charge in [0.1, 0.15) is 0 Å². The molecular weight excluding hydrogens is 284 g/mol. The lowest BCUT2D eigenvalue weighted by atomic mass is 10.1. The highest BCUT2D eigenvalue weighted by Crippen LogP contribution is 2.40. The largest absolute Gasteiger partial charge is 0.493 e. The van der Waals surface area contributed by atoms with Gasteiger partial charge in [0.15, 0.2) is 11.5 Å². The monoisotopic (exact) mass is 300 g/mol. The van der Waals surface area contributed by atoms with Gasteiger partial charge in [-0.2, -0.15) is 0 Å². The van der Waals surface area contributed by atoms with E-state index in [1.54, 1.807) is 14.0 Å². The molecule has 2 rings (SSSR count). The maximum atomic E-state index is 9.40. The lowest BCUT2D eigenvalue weighted by molar-refractivity contribution is 0.195. The Morgan fingerprint density at radius 3 is 2.71 bits per heavy atom. The van der Waals surface area contributed by atoms with Crippen LogP contribution < -0.4 is 9.47 Å². The Morgan fingerprint density at radius 2 is 2.18 bits per heavy atom. The van der Waals surface area contributed by atoms with Crippen molar-refractivity contribution in [3.05, 3.63) is 22.2 Å². The Morgan fingerprint density at radius 1 is 1.47 bits per heavy atom. The van der Waals surface area contributed by atoms with Gasteiger partial charge in [0.2, 0.25) is 0 Å². The van der Waals surface area contributed by atoms with Crippen molar-refractivity contribution in [3.63, 3.8) is 0 Å². The zero-order valence-corrected chi connectivity index (χ0v) is 11.7. The molecule has 0 heterocycles. The Kier molecular flexibility index (Phi) is 3.94.